The van der Waals surface area contributed by atoms with Gasteiger partial charge in [-0.05, 0) is 35.4 Å². The van der Waals surface area contributed by atoms with Crippen LogP contribution in [0.15, 0.2) is 24.3 Å². The molecule has 0 saturated carbocycles. The SMILES string of the molecule is CC1CCN(C(=O)CNC(=O)c2ccc(C(C)(C)C)cc2)CC1O. The second-order valence-electron chi connectivity index (χ2n) is 7.68. The van der Waals surface area contributed by atoms with Crippen molar-refractivity contribution in [3.8, 4) is 0 Å². The lowest BCUT2D eigenvalue weighted by Gasteiger charge is -2.34. The van der Waals surface area contributed by atoms with Gasteiger partial charge in [0, 0.05) is 18.7 Å². The predicted octanol–water partition coefficient (Wildman–Crippen LogP) is 1.94. The Morgan fingerprint density at radius 1 is 1.25 bits per heavy atom. The largest absolute Gasteiger partial charge is 0.391 e. The van der Waals surface area contributed by atoms with Gasteiger partial charge >= 0.3 is 0 Å². The van der Waals surface area contributed by atoms with E-state index in [2.05, 4.69) is 26.1 Å². The van der Waals surface area contributed by atoms with E-state index < -0.39 is 6.10 Å². The lowest BCUT2D eigenvalue weighted by atomic mass is 9.87. The number of aliphatic hydroxyl groups is 1. The number of nitrogens with one attached hydrogen (secondary N) is 1. The van der Waals surface area contributed by atoms with Crippen LogP contribution in [-0.2, 0) is 10.2 Å². The highest BCUT2D eigenvalue weighted by Gasteiger charge is 2.27. The maximum Gasteiger partial charge on any atom is 0.251 e. The van der Waals surface area contributed by atoms with Crippen molar-refractivity contribution in [2.24, 2.45) is 5.92 Å². The number of carbonyl (C=O) groups is 2. The van der Waals surface area contributed by atoms with Crippen LogP contribution in [0.1, 0.15) is 50.0 Å². The molecule has 0 aliphatic carbocycles. The molecule has 1 saturated heterocycles. The molecular formula is C19H28N2O3. The zero-order valence-electron chi connectivity index (χ0n) is 15.0. The van der Waals surface area contributed by atoms with Crippen molar-refractivity contribution < 1.29 is 14.7 Å². The molecule has 0 radical (unpaired) electrons. The molecular weight excluding hydrogens is 304 g/mol. The van der Waals surface area contributed by atoms with E-state index in [-0.39, 0.29) is 29.7 Å². The Kier molecular flexibility index (Phi) is 5.65. The molecule has 2 N–H and O–H groups in total. The summed E-state index contributed by atoms with van der Waals surface area (Å²) in [6, 6.07) is 7.46. The predicted molar refractivity (Wildman–Crippen MR) is 93.8 cm³/mol. The van der Waals surface area contributed by atoms with Gasteiger partial charge in [-0.3, -0.25) is 9.59 Å². The van der Waals surface area contributed by atoms with E-state index in [1.165, 1.54) is 0 Å². The summed E-state index contributed by atoms with van der Waals surface area (Å²) in [6.45, 7) is 9.28. The third-order valence-corrected chi connectivity index (χ3v) is 4.68. The molecule has 2 atom stereocenters. The first-order valence-electron chi connectivity index (χ1n) is 8.53. The number of likely N-dealkylation sites (tertiary alicyclic amines) is 1. The molecule has 2 unspecified atom stereocenters. The van der Waals surface area contributed by atoms with Crippen LogP contribution in [0, 0.1) is 5.92 Å². The van der Waals surface area contributed by atoms with Gasteiger partial charge in [0.1, 0.15) is 0 Å². The highest BCUT2D eigenvalue weighted by Crippen LogP contribution is 2.22. The van der Waals surface area contributed by atoms with Crippen molar-refractivity contribution >= 4 is 11.8 Å². The Balaban J connectivity index is 1.87. The summed E-state index contributed by atoms with van der Waals surface area (Å²) in [6.07, 6.45) is 0.304. The number of benzene rings is 1. The highest BCUT2D eigenvalue weighted by atomic mass is 16.3. The van der Waals surface area contributed by atoms with Gasteiger partial charge in [-0.25, -0.2) is 0 Å². The van der Waals surface area contributed by atoms with Gasteiger partial charge in [-0.15, -0.1) is 0 Å². The number of amides is 2. The van der Waals surface area contributed by atoms with E-state index in [4.69, 9.17) is 0 Å². The summed E-state index contributed by atoms with van der Waals surface area (Å²) in [7, 11) is 0. The molecule has 1 aromatic rings. The minimum atomic E-state index is -0.483. The Morgan fingerprint density at radius 3 is 2.42 bits per heavy atom. The van der Waals surface area contributed by atoms with Crippen LogP contribution in [0.25, 0.3) is 0 Å². The van der Waals surface area contributed by atoms with E-state index >= 15 is 0 Å². The molecule has 1 aromatic carbocycles. The fraction of sp³-hybridized carbons (Fsp3) is 0.579. The molecule has 0 bridgehead atoms. The molecule has 0 aromatic heterocycles. The highest BCUT2D eigenvalue weighted by molar-refractivity contribution is 5.96. The van der Waals surface area contributed by atoms with Gasteiger partial charge in [0.2, 0.25) is 5.91 Å². The zero-order chi connectivity index (χ0) is 17.9. The van der Waals surface area contributed by atoms with Gasteiger partial charge in [0.25, 0.3) is 5.91 Å². The minimum Gasteiger partial charge on any atom is -0.391 e. The number of hydrogen-bond donors (Lipinski definition) is 2. The van der Waals surface area contributed by atoms with Crippen molar-refractivity contribution in [1.82, 2.24) is 10.2 Å². The topological polar surface area (TPSA) is 69.6 Å². The van der Waals surface area contributed by atoms with Gasteiger partial charge in [-0.2, -0.15) is 0 Å². The fourth-order valence-corrected chi connectivity index (χ4v) is 2.77. The van der Waals surface area contributed by atoms with Crippen LogP contribution in [-0.4, -0.2) is 47.6 Å². The number of aliphatic hydroxyl groups excluding tert-OH is 1. The van der Waals surface area contributed by atoms with Crippen molar-refractivity contribution in [2.45, 2.75) is 45.6 Å². The summed E-state index contributed by atoms with van der Waals surface area (Å²) in [5, 5.41) is 12.5. The molecule has 132 valence electrons. The van der Waals surface area contributed by atoms with Crippen molar-refractivity contribution in [3.63, 3.8) is 0 Å². The monoisotopic (exact) mass is 332 g/mol. The minimum absolute atomic E-state index is 0.0389. The lowest BCUT2D eigenvalue weighted by molar-refractivity contribution is -0.134. The molecule has 1 aliphatic heterocycles. The van der Waals surface area contributed by atoms with Gasteiger partial charge in [0.15, 0.2) is 0 Å². The third-order valence-electron chi connectivity index (χ3n) is 4.68. The Morgan fingerprint density at radius 2 is 1.88 bits per heavy atom. The van der Waals surface area contributed by atoms with E-state index in [1.54, 1.807) is 17.0 Å². The molecule has 1 heterocycles. The van der Waals surface area contributed by atoms with Crippen LogP contribution < -0.4 is 5.32 Å². The zero-order valence-corrected chi connectivity index (χ0v) is 15.0. The van der Waals surface area contributed by atoms with Crippen LogP contribution in [0.2, 0.25) is 0 Å². The molecule has 2 rings (SSSR count). The van der Waals surface area contributed by atoms with Crippen LogP contribution in [0.4, 0.5) is 0 Å². The third kappa shape index (κ3) is 4.57. The van der Waals surface area contributed by atoms with Crippen molar-refractivity contribution in [3.05, 3.63) is 35.4 Å². The standard InChI is InChI=1S/C19H28N2O3/c1-13-9-10-21(12-16(13)22)17(23)11-20-18(24)14-5-7-15(8-6-14)19(2,3)4/h5-8,13,16,22H,9-12H2,1-4H3,(H,20,24). The average Bonchev–Trinajstić information content (AvgIpc) is 2.54. The summed E-state index contributed by atoms with van der Waals surface area (Å²) in [4.78, 5) is 26.0. The fourth-order valence-electron chi connectivity index (χ4n) is 2.77. The van der Waals surface area contributed by atoms with Crippen LogP contribution >= 0.6 is 0 Å². The van der Waals surface area contributed by atoms with Crippen LogP contribution in [0.5, 0.6) is 0 Å². The molecule has 5 nitrogen and oxygen atoms in total. The second kappa shape index (κ2) is 7.34. The van der Waals surface area contributed by atoms with Crippen molar-refractivity contribution in [1.29, 1.82) is 0 Å². The first kappa shape index (κ1) is 18.5. The average molecular weight is 332 g/mol. The maximum absolute atomic E-state index is 12.2. The summed E-state index contributed by atoms with van der Waals surface area (Å²) < 4.78 is 0. The quantitative estimate of drug-likeness (QED) is 0.889. The molecule has 1 aliphatic rings. The lowest BCUT2D eigenvalue weighted by Crippen LogP contribution is -2.49. The normalized spacial score (nSPS) is 21.5. The first-order valence-corrected chi connectivity index (χ1v) is 8.53. The number of nitrogens with zero attached hydrogens (tertiary/aromatic N) is 1. The Labute approximate surface area is 144 Å². The molecule has 2 amide bonds. The second-order valence-corrected chi connectivity index (χ2v) is 7.68. The van der Waals surface area contributed by atoms with E-state index in [9.17, 15) is 14.7 Å². The summed E-state index contributed by atoms with van der Waals surface area (Å²) >= 11 is 0. The number of piperidine rings is 1. The number of carbonyl (C=O) groups excluding carboxylic acids is 2. The van der Waals surface area contributed by atoms with Gasteiger partial charge in [0.05, 0.1) is 12.6 Å². The summed E-state index contributed by atoms with van der Waals surface area (Å²) in [5.74, 6) is -0.194. The van der Waals surface area contributed by atoms with E-state index in [1.807, 2.05) is 19.1 Å². The van der Waals surface area contributed by atoms with Crippen LogP contribution in [0.3, 0.4) is 0 Å². The Bertz CT molecular complexity index is 590. The molecule has 24 heavy (non-hydrogen) atoms. The van der Waals surface area contributed by atoms with Gasteiger partial charge in [-0.1, -0.05) is 39.8 Å². The number of hydrogen-bond acceptors (Lipinski definition) is 3. The smallest absolute Gasteiger partial charge is 0.251 e. The summed E-state index contributed by atoms with van der Waals surface area (Å²) in [5.41, 5.74) is 1.74. The first-order chi connectivity index (χ1) is 11.2. The Hall–Kier alpha value is -1.88. The number of β-amino-alcohol motifs (C(OH)–C–C–N with tert-alkyl or cyclic N) is 1. The maximum atomic E-state index is 12.2. The van der Waals surface area contributed by atoms with E-state index in [0.29, 0.717) is 18.7 Å². The van der Waals surface area contributed by atoms with E-state index in [0.717, 1.165) is 12.0 Å². The molecule has 1 fully saturated rings. The molecule has 0 spiro atoms. The van der Waals surface area contributed by atoms with Gasteiger partial charge < -0.3 is 15.3 Å². The molecule has 5 heteroatoms. The van der Waals surface area contributed by atoms with Crippen molar-refractivity contribution in [2.75, 3.05) is 19.6 Å². The number of rotatable bonds is 3.